The molecule has 33 heavy (non-hydrogen) atoms. The molecule has 8 heteroatoms. The van der Waals surface area contributed by atoms with Gasteiger partial charge in [0.15, 0.2) is 5.82 Å². The van der Waals surface area contributed by atoms with E-state index in [2.05, 4.69) is 20.4 Å². The molecule has 1 atom stereocenters. The van der Waals surface area contributed by atoms with Crippen molar-refractivity contribution < 1.29 is 13.9 Å². The van der Waals surface area contributed by atoms with E-state index >= 15 is 0 Å². The third-order valence-corrected chi connectivity index (χ3v) is 5.70. The molecule has 0 aliphatic carbocycles. The quantitative estimate of drug-likeness (QED) is 0.468. The van der Waals surface area contributed by atoms with E-state index in [0.717, 1.165) is 39.4 Å². The number of nitrogens with zero attached hydrogens (tertiary/aromatic N) is 4. The number of benzene rings is 2. The van der Waals surface area contributed by atoms with Crippen molar-refractivity contribution in [1.82, 2.24) is 19.7 Å². The number of rotatable bonds is 5. The molecule has 0 amide bonds. The molecule has 1 unspecified atom stereocenters. The lowest BCUT2D eigenvalue weighted by Gasteiger charge is -2.24. The zero-order chi connectivity index (χ0) is 22.9. The molecule has 0 spiro atoms. The summed E-state index contributed by atoms with van der Waals surface area (Å²) in [5, 5.41) is 7.88. The van der Waals surface area contributed by atoms with Gasteiger partial charge in [-0.2, -0.15) is 4.98 Å². The summed E-state index contributed by atoms with van der Waals surface area (Å²) in [6, 6.07) is 14.6. The summed E-state index contributed by atoms with van der Waals surface area (Å²) in [5.74, 6) is 1.62. The van der Waals surface area contributed by atoms with Gasteiger partial charge >= 0.3 is 0 Å². The highest BCUT2D eigenvalue weighted by Crippen LogP contribution is 2.34. The van der Waals surface area contributed by atoms with E-state index in [0.29, 0.717) is 24.9 Å². The van der Waals surface area contributed by atoms with Crippen LogP contribution >= 0.6 is 0 Å². The summed E-state index contributed by atoms with van der Waals surface area (Å²) >= 11 is 0. The summed E-state index contributed by atoms with van der Waals surface area (Å²) in [7, 11) is 1.65. The van der Waals surface area contributed by atoms with Gasteiger partial charge in [-0.3, -0.25) is 4.98 Å². The Morgan fingerprint density at radius 1 is 1.12 bits per heavy atom. The van der Waals surface area contributed by atoms with Crippen LogP contribution in [0.4, 0.5) is 16.0 Å². The van der Waals surface area contributed by atoms with E-state index in [9.17, 15) is 4.39 Å². The van der Waals surface area contributed by atoms with Crippen molar-refractivity contribution >= 4 is 11.6 Å². The third-order valence-electron chi connectivity index (χ3n) is 5.70. The second-order valence-electron chi connectivity index (χ2n) is 7.99. The molecule has 1 N–H and O–H groups in total. The fourth-order valence-corrected chi connectivity index (χ4v) is 4.11. The predicted octanol–water partition coefficient (Wildman–Crippen LogP) is 4.97. The fraction of sp³-hybridized carbons (Fsp3) is 0.240. The van der Waals surface area contributed by atoms with Gasteiger partial charge in [0.2, 0.25) is 5.95 Å². The van der Waals surface area contributed by atoms with Crippen molar-refractivity contribution in [2.24, 2.45) is 0 Å². The zero-order valence-corrected chi connectivity index (χ0v) is 18.7. The largest absolute Gasteiger partial charge is 0.496 e. The monoisotopic (exact) mass is 445 g/mol. The zero-order valence-electron chi connectivity index (χ0n) is 18.7. The van der Waals surface area contributed by atoms with E-state index in [1.807, 2.05) is 48.9 Å². The first-order chi connectivity index (χ1) is 16.0. The minimum absolute atomic E-state index is 0.268. The van der Waals surface area contributed by atoms with E-state index in [4.69, 9.17) is 9.47 Å². The Morgan fingerprint density at radius 2 is 2.00 bits per heavy atom. The smallest absolute Gasteiger partial charge is 0.246 e. The van der Waals surface area contributed by atoms with E-state index in [1.54, 1.807) is 19.4 Å². The first-order valence-electron chi connectivity index (χ1n) is 10.7. The number of hydrogen-bond acceptors (Lipinski definition) is 6. The average Bonchev–Trinajstić information content (AvgIpc) is 3.22. The Kier molecular flexibility index (Phi) is 5.51. The van der Waals surface area contributed by atoms with Crippen LogP contribution in [0.2, 0.25) is 0 Å². The minimum Gasteiger partial charge on any atom is -0.496 e. The summed E-state index contributed by atoms with van der Waals surface area (Å²) in [6.07, 6.45) is 1.39. The van der Waals surface area contributed by atoms with E-state index in [-0.39, 0.29) is 5.82 Å². The van der Waals surface area contributed by atoms with Gasteiger partial charge in [0.25, 0.3) is 0 Å². The molecule has 0 radical (unpaired) electrons. The summed E-state index contributed by atoms with van der Waals surface area (Å²) < 4.78 is 27.0. The van der Waals surface area contributed by atoms with Crippen LogP contribution in [0.3, 0.4) is 0 Å². The predicted molar refractivity (Wildman–Crippen MR) is 123 cm³/mol. The number of fused-ring (bicyclic) bond motifs is 1. The van der Waals surface area contributed by atoms with Crippen molar-refractivity contribution in [3.8, 4) is 16.9 Å². The molecule has 1 aliphatic heterocycles. The highest BCUT2D eigenvalue weighted by atomic mass is 19.1. The first kappa shape index (κ1) is 21.1. The second-order valence-corrected chi connectivity index (χ2v) is 7.99. The van der Waals surface area contributed by atoms with Crippen LogP contribution in [0.1, 0.15) is 28.7 Å². The first-order valence-corrected chi connectivity index (χ1v) is 10.7. The van der Waals surface area contributed by atoms with E-state index in [1.165, 1.54) is 12.1 Å². The van der Waals surface area contributed by atoms with Gasteiger partial charge in [0.1, 0.15) is 17.7 Å². The number of aryl methyl sites for hydroxylation is 2. The Morgan fingerprint density at radius 3 is 2.79 bits per heavy atom. The number of nitrogens with one attached hydrogen (secondary N) is 1. The average molecular weight is 445 g/mol. The number of halogens is 1. The molecule has 2 aromatic carbocycles. The lowest BCUT2D eigenvalue weighted by Crippen LogP contribution is -2.24. The maximum absolute atomic E-state index is 13.6. The molecule has 2 aromatic heterocycles. The van der Waals surface area contributed by atoms with Gasteiger partial charge in [-0.15, -0.1) is 5.10 Å². The minimum atomic E-state index is -0.394. The molecule has 0 fully saturated rings. The Labute approximate surface area is 191 Å². The molecule has 1 aliphatic rings. The van der Waals surface area contributed by atoms with Crippen molar-refractivity contribution in [3.63, 3.8) is 0 Å². The van der Waals surface area contributed by atoms with Gasteiger partial charge in [0.05, 0.1) is 20.3 Å². The molecule has 3 heterocycles. The number of aromatic nitrogens is 4. The Bertz CT molecular complexity index is 1320. The maximum Gasteiger partial charge on any atom is 0.246 e. The van der Waals surface area contributed by atoms with Crippen LogP contribution in [-0.4, -0.2) is 33.5 Å². The topological polar surface area (TPSA) is 74.1 Å². The molecular formula is C25H24FN5O2. The number of ether oxygens (including phenoxy) is 2. The molecule has 168 valence electrons. The van der Waals surface area contributed by atoms with Gasteiger partial charge in [-0.05, 0) is 66.9 Å². The number of hydrogen-bond donors (Lipinski definition) is 1. The van der Waals surface area contributed by atoms with Crippen LogP contribution in [0, 0.1) is 19.7 Å². The number of pyridine rings is 1. The number of methoxy groups -OCH3 is 1. The highest BCUT2D eigenvalue weighted by Gasteiger charge is 2.28. The van der Waals surface area contributed by atoms with Crippen molar-refractivity contribution in [2.75, 3.05) is 19.0 Å². The van der Waals surface area contributed by atoms with Crippen molar-refractivity contribution in [2.45, 2.75) is 26.5 Å². The summed E-state index contributed by atoms with van der Waals surface area (Å²) in [6.45, 7) is 4.94. The molecule has 0 saturated carbocycles. The highest BCUT2D eigenvalue weighted by molar-refractivity contribution is 5.74. The van der Waals surface area contributed by atoms with Gasteiger partial charge < -0.3 is 14.8 Å². The SMILES string of the molecule is COc1cc(Nc2nc3n(n2)CCOC3c2ccc(F)cc2C)ccc1-c1ccnc(C)c1. The van der Waals surface area contributed by atoms with Crippen LogP contribution in [0.5, 0.6) is 5.75 Å². The summed E-state index contributed by atoms with van der Waals surface area (Å²) in [5.41, 5.74) is 5.46. The van der Waals surface area contributed by atoms with Gasteiger partial charge in [0, 0.05) is 29.2 Å². The normalized spacial score (nSPS) is 15.2. The fourth-order valence-electron chi connectivity index (χ4n) is 4.11. The molecular weight excluding hydrogens is 421 g/mol. The molecule has 0 saturated heterocycles. The van der Waals surface area contributed by atoms with Crippen LogP contribution < -0.4 is 10.1 Å². The molecule has 5 rings (SSSR count). The molecule has 4 aromatic rings. The lowest BCUT2D eigenvalue weighted by molar-refractivity contribution is 0.0386. The van der Waals surface area contributed by atoms with Crippen LogP contribution in [0.25, 0.3) is 11.1 Å². The van der Waals surface area contributed by atoms with Gasteiger partial charge in [-0.25, -0.2) is 9.07 Å². The Hall–Kier alpha value is -3.78. The van der Waals surface area contributed by atoms with Crippen molar-refractivity contribution in [1.29, 1.82) is 0 Å². The second kappa shape index (κ2) is 8.63. The van der Waals surface area contributed by atoms with Crippen LogP contribution in [0.15, 0.2) is 54.7 Å². The molecule has 0 bridgehead atoms. The van der Waals surface area contributed by atoms with Crippen LogP contribution in [-0.2, 0) is 11.3 Å². The summed E-state index contributed by atoms with van der Waals surface area (Å²) in [4.78, 5) is 8.95. The van der Waals surface area contributed by atoms with E-state index < -0.39 is 6.10 Å². The third kappa shape index (κ3) is 4.17. The number of anilines is 2. The lowest BCUT2D eigenvalue weighted by atomic mass is 10.0. The van der Waals surface area contributed by atoms with Gasteiger partial charge in [-0.1, -0.05) is 6.07 Å². The Balaban J connectivity index is 1.43. The molecule has 7 nitrogen and oxygen atoms in total. The van der Waals surface area contributed by atoms with Crippen molar-refractivity contribution in [3.05, 3.63) is 83.2 Å². The maximum atomic E-state index is 13.6. The standard InChI is InChI=1S/C25H24FN5O2/c1-15-12-18(26)4-6-20(15)23-24-29-25(30-31(24)10-11-33-23)28-19-5-7-21(22(14-19)32-3)17-8-9-27-16(2)13-17/h4-9,12-14,23H,10-11H2,1-3H3,(H,28,30).